The highest BCUT2D eigenvalue weighted by Crippen LogP contribution is 1.95. The van der Waals surface area contributed by atoms with Crippen LogP contribution in [0.4, 0.5) is 4.79 Å². The number of benzene rings is 1. The lowest BCUT2D eigenvalue weighted by Crippen LogP contribution is -2.45. The van der Waals surface area contributed by atoms with Crippen molar-refractivity contribution >= 4 is 6.09 Å². The summed E-state index contributed by atoms with van der Waals surface area (Å²) in [5.74, 6) is 0. The van der Waals surface area contributed by atoms with Crippen LogP contribution in [0, 0.1) is 0 Å². The van der Waals surface area contributed by atoms with Gasteiger partial charge < -0.3 is 5.11 Å². The van der Waals surface area contributed by atoms with E-state index < -0.39 is 6.09 Å². The van der Waals surface area contributed by atoms with Gasteiger partial charge in [0.05, 0.1) is 0 Å². The first kappa shape index (κ1) is 9.50. The third-order valence-electron chi connectivity index (χ3n) is 1.39. The van der Waals surface area contributed by atoms with E-state index in [4.69, 9.17) is 5.11 Å². The van der Waals surface area contributed by atoms with Crippen molar-refractivity contribution in [1.29, 1.82) is 0 Å². The molecule has 0 aromatic heterocycles. The summed E-state index contributed by atoms with van der Waals surface area (Å²) in [5, 5.41) is 8.20. The second kappa shape index (κ2) is 5.13. The third-order valence-corrected chi connectivity index (χ3v) is 1.39. The average molecular weight is 181 g/mol. The van der Waals surface area contributed by atoms with Crippen LogP contribution in [0.15, 0.2) is 30.3 Å². The van der Waals surface area contributed by atoms with E-state index in [1.54, 1.807) is 0 Å². The van der Waals surface area contributed by atoms with Crippen LogP contribution >= 0.6 is 0 Å². The molecule has 4 N–H and O–H groups in total. The molecule has 0 saturated heterocycles. The van der Waals surface area contributed by atoms with Crippen molar-refractivity contribution < 1.29 is 9.90 Å². The quantitative estimate of drug-likeness (QED) is 0.402. The van der Waals surface area contributed by atoms with Crippen LogP contribution < -0.4 is 16.4 Å². The van der Waals surface area contributed by atoms with Crippen LogP contribution in [0.1, 0.15) is 5.56 Å². The molecular formula is C8H11N3O2. The summed E-state index contributed by atoms with van der Waals surface area (Å²) in [6, 6.07) is 9.64. The zero-order valence-corrected chi connectivity index (χ0v) is 6.95. The highest BCUT2D eigenvalue weighted by Gasteiger charge is 1.91. The fourth-order valence-electron chi connectivity index (χ4n) is 0.840. The van der Waals surface area contributed by atoms with Gasteiger partial charge in [0.15, 0.2) is 0 Å². The smallest absolute Gasteiger partial charge is 0.420 e. The molecule has 0 atom stereocenters. The van der Waals surface area contributed by atoms with Crippen molar-refractivity contribution in [3.63, 3.8) is 0 Å². The van der Waals surface area contributed by atoms with E-state index in [0.717, 1.165) is 5.56 Å². The Bertz CT molecular complexity index is 263. The van der Waals surface area contributed by atoms with E-state index in [9.17, 15) is 4.79 Å². The molecule has 0 radical (unpaired) electrons. The monoisotopic (exact) mass is 181 g/mol. The van der Waals surface area contributed by atoms with Crippen LogP contribution in [0.25, 0.3) is 0 Å². The molecule has 1 amide bonds. The van der Waals surface area contributed by atoms with Gasteiger partial charge >= 0.3 is 6.09 Å². The van der Waals surface area contributed by atoms with Crippen molar-refractivity contribution in [2.45, 2.75) is 6.54 Å². The summed E-state index contributed by atoms with van der Waals surface area (Å²) in [4.78, 5) is 10.00. The Balaban J connectivity index is 2.17. The molecule has 0 aliphatic carbocycles. The van der Waals surface area contributed by atoms with Crippen LogP contribution in [0.2, 0.25) is 0 Å². The molecule has 70 valence electrons. The molecule has 1 aromatic rings. The first-order valence-corrected chi connectivity index (χ1v) is 3.80. The minimum absolute atomic E-state index is 0.557. The minimum atomic E-state index is -1.12. The lowest BCUT2D eigenvalue weighted by atomic mass is 10.2. The van der Waals surface area contributed by atoms with Crippen molar-refractivity contribution in [3.05, 3.63) is 35.9 Å². The number of rotatable bonds is 4. The van der Waals surface area contributed by atoms with Crippen LogP contribution in [-0.4, -0.2) is 11.2 Å². The zero-order valence-electron chi connectivity index (χ0n) is 6.95. The van der Waals surface area contributed by atoms with Gasteiger partial charge in [-0.25, -0.2) is 15.6 Å². The number of hydrogen-bond acceptors (Lipinski definition) is 3. The third kappa shape index (κ3) is 4.09. The highest BCUT2D eigenvalue weighted by molar-refractivity contribution is 5.63. The van der Waals surface area contributed by atoms with Crippen LogP contribution in [-0.2, 0) is 6.54 Å². The average Bonchev–Trinajstić information content (AvgIpc) is 2.14. The molecule has 1 rings (SSSR count). The minimum Gasteiger partial charge on any atom is -0.464 e. The molecule has 0 unspecified atom stereocenters. The maximum atomic E-state index is 10.00. The number of amides is 1. The van der Waals surface area contributed by atoms with Crippen molar-refractivity contribution in [3.8, 4) is 0 Å². The predicted molar refractivity (Wildman–Crippen MR) is 47.6 cm³/mol. The van der Waals surface area contributed by atoms with Crippen molar-refractivity contribution in [1.82, 2.24) is 16.4 Å². The zero-order chi connectivity index (χ0) is 9.52. The fraction of sp³-hybridized carbons (Fsp3) is 0.125. The van der Waals surface area contributed by atoms with E-state index >= 15 is 0 Å². The summed E-state index contributed by atoms with van der Waals surface area (Å²) in [7, 11) is 0. The lowest BCUT2D eigenvalue weighted by molar-refractivity contribution is 0.185. The summed E-state index contributed by atoms with van der Waals surface area (Å²) < 4.78 is 0. The molecule has 1 aromatic carbocycles. The Hall–Kier alpha value is -1.59. The molecule has 0 fully saturated rings. The van der Waals surface area contributed by atoms with Gasteiger partial charge in [-0.05, 0) is 5.56 Å². The Morgan fingerprint density at radius 3 is 2.62 bits per heavy atom. The summed E-state index contributed by atoms with van der Waals surface area (Å²) >= 11 is 0. The van der Waals surface area contributed by atoms with Gasteiger partial charge in [-0.2, -0.15) is 5.53 Å². The number of hydrogen-bond donors (Lipinski definition) is 4. The van der Waals surface area contributed by atoms with E-state index in [2.05, 4.69) is 11.0 Å². The second-order valence-corrected chi connectivity index (χ2v) is 2.39. The highest BCUT2D eigenvalue weighted by atomic mass is 16.4. The lowest BCUT2D eigenvalue weighted by Gasteiger charge is -2.05. The van der Waals surface area contributed by atoms with Gasteiger partial charge in [-0.1, -0.05) is 30.3 Å². The summed E-state index contributed by atoms with van der Waals surface area (Å²) in [5.41, 5.74) is 8.07. The normalized spacial score (nSPS) is 9.54. The molecule has 0 spiro atoms. The number of nitrogens with one attached hydrogen (secondary N) is 3. The van der Waals surface area contributed by atoms with Crippen LogP contribution in [0.3, 0.4) is 0 Å². The first-order valence-electron chi connectivity index (χ1n) is 3.80. The van der Waals surface area contributed by atoms with Gasteiger partial charge in [0.2, 0.25) is 0 Å². The molecule has 0 aliphatic heterocycles. The Morgan fingerprint density at radius 1 is 1.31 bits per heavy atom. The summed E-state index contributed by atoms with van der Waals surface area (Å²) in [6.45, 7) is 0.557. The van der Waals surface area contributed by atoms with Gasteiger partial charge in [0.1, 0.15) is 0 Å². The maximum absolute atomic E-state index is 10.00. The molecule has 0 bridgehead atoms. The Morgan fingerprint density at radius 2 is 2.00 bits per heavy atom. The topological polar surface area (TPSA) is 73.4 Å². The fourth-order valence-corrected chi connectivity index (χ4v) is 0.840. The molecule has 0 saturated carbocycles. The predicted octanol–water partition coefficient (Wildman–Crippen LogP) is 0.463. The van der Waals surface area contributed by atoms with Gasteiger partial charge in [-0.15, -0.1) is 0 Å². The molecular weight excluding hydrogens is 170 g/mol. The van der Waals surface area contributed by atoms with E-state index in [1.807, 2.05) is 35.8 Å². The Kier molecular flexibility index (Phi) is 3.74. The van der Waals surface area contributed by atoms with Gasteiger partial charge in [0.25, 0.3) is 0 Å². The summed E-state index contributed by atoms with van der Waals surface area (Å²) in [6.07, 6.45) is -1.12. The van der Waals surface area contributed by atoms with Crippen LogP contribution in [0.5, 0.6) is 0 Å². The number of carbonyl (C=O) groups is 1. The second-order valence-electron chi connectivity index (χ2n) is 2.39. The largest absolute Gasteiger partial charge is 0.464 e. The number of hydrazine groups is 2. The SMILES string of the molecule is O=C(O)NNNCc1ccccc1. The molecule has 13 heavy (non-hydrogen) atoms. The van der Waals surface area contributed by atoms with Gasteiger partial charge in [-0.3, -0.25) is 0 Å². The van der Waals surface area contributed by atoms with E-state index in [1.165, 1.54) is 0 Å². The van der Waals surface area contributed by atoms with E-state index in [0.29, 0.717) is 6.54 Å². The molecule has 5 heteroatoms. The molecule has 0 heterocycles. The van der Waals surface area contributed by atoms with Gasteiger partial charge in [0, 0.05) is 6.54 Å². The Labute approximate surface area is 75.7 Å². The molecule has 5 nitrogen and oxygen atoms in total. The van der Waals surface area contributed by atoms with Crippen molar-refractivity contribution in [2.24, 2.45) is 0 Å². The molecule has 0 aliphatic rings. The number of carboxylic acid groups (broad SMARTS) is 1. The van der Waals surface area contributed by atoms with Crippen molar-refractivity contribution in [2.75, 3.05) is 0 Å². The maximum Gasteiger partial charge on any atom is 0.420 e. The first-order chi connectivity index (χ1) is 6.29. The standard InChI is InChI=1S/C8H11N3O2/c12-8(13)10-11-9-6-7-4-2-1-3-5-7/h1-5,9-11H,6H2,(H,12,13). The van der Waals surface area contributed by atoms with E-state index in [-0.39, 0.29) is 0 Å².